The highest BCUT2D eigenvalue weighted by atomic mass is 35.5. The average molecular weight is 817 g/mol. The van der Waals surface area contributed by atoms with Crippen molar-refractivity contribution in [3.63, 3.8) is 0 Å². The van der Waals surface area contributed by atoms with Gasteiger partial charge in [0.05, 0.1) is 25.4 Å². The van der Waals surface area contributed by atoms with E-state index >= 15 is 0 Å². The first-order valence-electron chi connectivity index (χ1n) is 20.6. The number of carbonyl (C=O) groups excluding carboxylic acids is 5. The SMILES string of the molecule is CCC[C@H](NC(=O)[C@@H]1C[C@]2(CC(c3cccc(Cl)c3)=NO2)CN1C(=O)[C@@H](NC(=O)CC1CCCCC1)C(C)(C)C)C(=O)C(=O)NCCc1c[nH]c2ccc(OC)cc12. The van der Waals surface area contributed by atoms with Gasteiger partial charge in [0, 0.05) is 53.5 Å². The van der Waals surface area contributed by atoms with Crippen molar-refractivity contribution >= 4 is 57.6 Å². The number of hydrogen-bond donors (Lipinski definition) is 4. The first kappa shape index (κ1) is 42.7. The summed E-state index contributed by atoms with van der Waals surface area (Å²) in [5, 5.41) is 14.5. The number of aromatic nitrogens is 1. The predicted octanol–water partition coefficient (Wildman–Crippen LogP) is 6.01. The molecule has 0 bridgehead atoms. The number of nitrogens with one attached hydrogen (secondary N) is 4. The molecule has 58 heavy (non-hydrogen) atoms. The number of amides is 4. The Morgan fingerprint density at radius 3 is 2.55 bits per heavy atom. The van der Waals surface area contributed by atoms with E-state index in [1.807, 2.05) is 64.2 Å². The van der Waals surface area contributed by atoms with Crippen LogP contribution in [0.4, 0.5) is 0 Å². The Bertz CT molecular complexity index is 2030. The van der Waals surface area contributed by atoms with Crippen LogP contribution in [0, 0.1) is 11.3 Å². The highest BCUT2D eigenvalue weighted by molar-refractivity contribution is 6.38. The third-order valence-electron chi connectivity index (χ3n) is 11.7. The molecule has 4 amide bonds. The van der Waals surface area contributed by atoms with Crippen LogP contribution in [0.15, 0.2) is 53.8 Å². The summed E-state index contributed by atoms with van der Waals surface area (Å²) in [5.41, 5.74) is 1.53. The number of ether oxygens (including phenoxy) is 1. The average Bonchev–Trinajstić information content (AvgIpc) is 3.92. The highest BCUT2D eigenvalue weighted by Crippen LogP contribution is 2.40. The molecular weight excluding hydrogens is 760 g/mol. The van der Waals surface area contributed by atoms with Gasteiger partial charge in [0.2, 0.25) is 23.5 Å². The molecule has 0 radical (unpaired) electrons. The number of Topliss-reactive ketones (excluding diaryl/α,β-unsaturated/α-hetero) is 1. The molecule has 1 aromatic heterocycles. The fourth-order valence-corrected chi connectivity index (χ4v) is 8.70. The third kappa shape index (κ3) is 10.0. The summed E-state index contributed by atoms with van der Waals surface area (Å²) in [6.07, 6.45) is 9.11. The second-order valence-corrected chi connectivity index (χ2v) is 17.6. The van der Waals surface area contributed by atoms with Gasteiger partial charge in [-0.1, -0.05) is 82.3 Å². The number of H-pyrrole nitrogens is 1. The molecule has 4 atom stereocenters. The van der Waals surface area contributed by atoms with Crippen molar-refractivity contribution in [1.82, 2.24) is 25.8 Å². The molecular formula is C44H57ClN6O7. The second-order valence-electron chi connectivity index (χ2n) is 17.2. The van der Waals surface area contributed by atoms with Crippen LogP contribution in [-0.2, 0) is 35.2 Å². The van der Waals surface area contributed by atoms with E-state index in [4.69, 9.17) is 21.2 Å². The van der Waals surface area contributed by atoms with Crippen LogP contribution in [0.5, 0.6) is 5.75 Å². The fraction of sp³-hybridized carbons (Fsp3) is 0.545. The lowest BCUT2D eigenvalue weighted by Gasteiger charge is -2.36. The molecule has 2 fully saturated rings. The molecule has 4 N–H and O–H groups in total. The third-order valence-corrected chi connectivity index (χ3v) is 11.9. The molecule has 0 unspecified atom stereocenters. The number of carbonyl (C=O) groups is 5. The summed E-state index contributed by atoms with van der Waals surface area (Å²) in [6.45, 7) is 7.73. The van der Waals surface area contributed by atoms with Gasteiger partial charge in [-0.25, -0.2) is 0 Å². The standard InChI is InChI=1S/C44H57ClN6O7/c1-6-11-34(38(53)41(55)46-19-18-29-25-47-33-17-16-31(57-5)22-32(29)33)48-40(54)36-24-44(23-35(50-58-44)28-14-10-15-30(45)21-28)26-51(36)42(56)39(43(2,3)4)49-37(52)20-27-12-8-7-9-13-27/h10,14-17,21-22,25,27,34,36,39,47H,6-9,11-13,18-20,23-24,26H2,1-5H3,(H,46,55)(H,48,54)(H,49,52)/t34-,36-,39+,44+/m0/s1. The van der Waals surface area contributed by atoms with Crippen molar-refractivity contribution < 1.29 is 33.5 Å². The summed E-state index contributed by atoms with van der Waals surface area (Å²) in [6, 6.07) is 9.78. The number of methoxy groups -OCH3 is 1. The number of fused-ring (bicyclic) bond motifs is 1. The number of rotatable bonds is 15. The molecule has 1 saturated carbocycles. The maximum atomic E-state index is 14.7. The van der Waals surface area contributed by atoms with Crippen LogP contribution in [0.25, 0.3) is 10.9 Å². The summed E-state index contributed by atoms with van der Waals surface area (Å²) in [7, 11) is 1.60. The van der Waals surface area contributed by atoms with Crippen LogP contribution < -0.4 is 20.7 Å². The van der Waals surface area contributed by atoms with Gasteiger partial charge in [-0.2, -0.15) is 0 Å². The number of ketones is 1. The highest BCUT2D eigenvalue weighted by Gasteiger charge is 2.55. The molecule has 3 aromatic rings. The number of oxime groups is 1. The van der Waals surface area contributed by atoms with Gasteiger partial charge in [-0.05, 0) is 72.9 Å². The van der Waals surface area contributed by atoms with Crippen LogP contribution in [0.1, 0.15) is 103 Å². The van der Waals surface area contributed by atoms with E-state index in [-0.39, 0.29) is 37.8 Å². The Kier molecular flexibility index (Phi) is 13.5. The first-order valence-corrected chi connectivity index (χ1v) is 21.0. The normalized spacial score (nSPS) is 20.6. The van der Waals surface area contributed by atoms with Crippen LogP contribution in [-0.4, -0.2) is 88.9 Å². The van der Waals surface area contributed by atoms with Crippen molar-refractivity contribution in [2.24, 2.45) is 16.5 Å². The predicted molar refractivity (Wildman–Crippen MR) is 223 cm³/mol. The molecule has 1 spiro atoms. The molecule has 13 nitrogen and oxygen atoms in total. The van der Waals surface area contributed by atoms with Crippen LogP contribution in [0.3, 0.4) is 0 Å². The van der Waals surface area contributed by atoms with Gasteiger partial charge in [-0.15, -0.1) is 0 Å². The largest absolute Gasteiger partial charge is 0.497 e. The smallest absolute Gasteiger partial charge is 0.289 e. The molecule has 312 valence electrons. The molecule has 2 aliphatic heterocycles. The number of aromatic amines is 1. The van der Waals surface area contributed by atoms with Crippen molar-refractivity contribution in [3.8, 4) is 5.75 Å². The Morgan fingerprint density at radius 2 is 1.84 bits per heavy atom. The van der Waals surface area contributed by atoms with Crippen molar-refractivity contribution in [2.45, 2.75) is 122 Å². The summed E-state index contributed by atoms with van der Waals surface area (Å²) in [5.74, 6) is -1.79. The number of nitrogens with zero attached hydrogens (tertiary/aromatic N) is 2. The van der Waals surface area contributed by atoms with E-state index in [9.17, 15) is 24.0 Å². The maximum Gasteiger partial charge on any atom is 0.289 e. The number of benzene rings is 2. The van der Waals surface area contributed by atoms with E-state index in [1.165, 1.54) is 11.3 Å². The van der Waals surface area contributed by atoms with Crippen molar-refractivity contribution in [1.29, 1.82) is 0 Å². The minimum atomic E-state index is -1.13. The lowest BCUT2D eigenvalue weighted by atomic mass is 9.84. The number of likely N-dealkylation sites (tertiary alicyclic amines) is 1. The zero-order valence-corrected chi connectivity index (χ0v) is 35.0. The monoisotopic (exact) mass is 816 g/mol. The van der Waals surface area contributed by atoms with Gasteiger partial charge in [-0.3, -0.25) is 24.0 Å². The minimum Gasteiger partial charge on any atom is -0.497 e. The van der Waals surface area contributed by atoms with Gasteiger partial charge < -0.3 is 35.4 Å². The Morgan fingerprint density at radius 1 is 1.07 bits per heavy atom. The molecule has 1 saturated heterocycles. The van der Waals surface area contributed by atoms with Gasteiger partial charge >= 0.3 is 0 Å². The van der Waals surface area contributed by atoms with Gasteiger partial charge in [0.25, 0.3) is 5.91 Å². The Labute approximate surface area is 345 Å². The molecule has 2 aromatic carbocycles. The Hall–Kier alpha value is -4.91. The second kappa shape index (κ2) is 18.3. The van der Waals surface area contributed by atoms with Crippen LogP contribution in [0.2, 0.25) is 5.02 Å². The summed E-state index contributed by atoms with van der Waals surface area (Å²) < 4.78 is 5.36. The minimum absolute atomic E-state index is 0.0230. The fourth-order valence-electron chi connectivity index (χ4n) is 8.51. The maximum absolute atomic E-state index is 14.7. The zero-order valence-electron chi connectivity index (χ0n) is 34.3. The molecule has 1 aliphatic carbocycles. The lowest BCUT2D eigenvalue weighted by molar-refractivity contribution is -0.145. The molecule has 3 heterocycles. The van der Waals surface area contributed by atoms with Crippen LogP contribution >= 0.6 is 11.6 Å². The van der Waals surface area contributed by atoms with Crippen molar-refractivity contribution in [3.05, 3.63) is 64.8 Å². The number of hydrogen-bond acceptors (Lipinski definition) is 8. The molecule has 14 heteroatoms. The van der Waals surface area contributed by atoms with E-state index < -0.39 is 52.6 Å². The molecule has 3 aliphatic rings. The summed E-state index contributed by atoms with van der Waals surface area (Å²) >= 11 is 6.29. The molecule has 6 rings (SSSR count). The first-order chi connectivity index (χ1) is 27.7. The van der Waals surface area contributed by atoms with E-state index in [0.717, 1.165) is 47.7 Å². The quantitative estimate of drug-likeness (QED) is 0.136. The summed E-state index contributed by atoms with van der Waals surface area (Å²) in [4.78, 5) is 80.3. The Balaban J connectivity index is 1.18. The van der Waals surface area contributed by atoms with Gasteiger partial charge in [0.1, 0.15) is 17.8 Å². The zero-order chi connectivity index (χ0) is 41.6. The van der Waals surface area contributed by atoms with Crippen molar-refractivity contribution in [2.75, 3.05) is 20.2 Å². The van der Waals surface area contributed by atoms with E-state index in [1.54, 1.807) is 19.2 Å². The van der Waals surface area contributed by atoms with E-state index in [0.29, 0.717) is 42.2 Å². The lowest BCUT2D eigenvalue weighted by Crippen LogP contribution is -2.59. The van der Waals surface area contributed by atoms with Gasteiger partial charge in [0.15, 0.2) is 5.60 Å². The topological polar surface area (TPSA) is 171 Å². The number of halogens is 1. The van der Waals surface area contributed by atoms with E-state index in [2.05, 4.69) is 26.1 Å².